The van der Waals surface area contributed by atoms with Crippen LogP contribution in [0.4, 0.5) is 0 Å². The predicted octanol–water partition coefficient (Wildman–Crippen LogP) is -3.71. The van der Waals surface area contributed by atoms with Gasteiger partial charge in [-0.1, -0.05) is 103 Å². The van der Waals surface area contributed by atoms with E-state index in [1.165, 1.54) is 6.92 Å². The number of aliphatic imine (C=N–C) groups is 1. The number of hydrogen-bond donors (Lipinski definition) is 17. The smallest absolute Gasteiger partial charge is 0.326 e. The molecule has 0 unspecified atom stereocenters. The lowest BCUT2D eigenvalue weighted by Crippen LogP contribution is -2.63. The number of rotatable bonds is 41. The van der Waals surface area contributed by atoms with Gasteiger partial charge in [0.2, 0.25) is 76.8 Å². The standard InChI is InChI=1S/C65H115N17O17/c1-16-36(14)50(79-58(92)48(34(10)11)77-55(89)45(31(4)5)74-52(86)38(66)20-17-25-70-65(68)69)60(94)71-39(23-24-44(67)85)62(96)81-26-18-21-42(81)53(87)73-41(29-83)63(97)82-27-19-22-43(82)54(88)75-46(32(6)7)56(90)76-47(33(8)9)57(91)78-49(35(12)13)59(93)80-51(37(15)84)61(95)72-40(64(98)99)28-30(2)3/h30-43,45-51,83-84H,16-29,66H2,1-15H3,(H2,67,85)(H,71,94)(H,72,95)(H,73,87)(H,74,86)(H,75,88)(H,76,90)(H,77,89)(H,78,91)(H,79,92)(H,80,93)(H,98,99)(H4,68,69,70)/t36-,37+,38-,39-,40-,41-,42-,43-,45-,46-,47-,48-,49-,50-,51-/m0/s1. The summed E-state index contributed by atoms with van der Waals surface area (Å²) < 4.78 is 0. The van der Waals surface area contributed by atoms with Crippen LogP contribution < -0.4 is 76.1 Å². The van der Waals surface area contributed by atoms with Crippen LogP contribution in [-0.2, 0) is 67.1 Å². The van der Waals surface area contributed by atoms with Gasteiger partial charge in [-0.25, -0.2) is 4.79 Å². The molecule has 21 N–H and O–H groups in total. The lowest BCUT2D eigenvalue weighted by atomic mass is 9.95. The van der Waals surface area contributed by atoms with Crippen LogP contribution in [0.15, 0.2) is 4.99 Å². The van der Waals surface area contributed by atoms with Crippen molar-refractivity contribution in [3.63, 3.8) is 0 Å². The fourth-order valence-corrected chi connectivity index (χ4v) is 11.4. The molecular weight excluding hydrogens is 1290 g/mol. The highest BCUT2D eigenvalue weighted by atomic mass is 16.4. The molecule has 34 nitrogen and oxygen atoms in total. The minimum absolute atomic E-state index is 0.00921. The Labute approximate surface area is 580 Å². The Morgan fingerprint density at radius 1 is 0.475 bits per heavy atom. The molecule has 0 radical (unpaired) electrons. The molecule has 0 aromatic rings. The summed E-state index contributed by atoms with van der Waals surface area (Å²) in [5.74, 6) is -15.6. The van der Waals surface area contributed by atoms with Gasteiger partial charge in [-0.15, -0.1) is 0 Å². The number of nitrogens with two attached hydrogens (primary N) is 4. The molecule has 15 atom stereocenters. The summed E-state index contributed by atoms with van der Waals surface area (Å²) in [7, 11) is 0. The zero-order chi connectivity index (χ0) is 75.6. The number of primary amides is 1. The minimum Gasteiger partial charge on any atom is -0.480 e. The number of aliphatic hydroxyl groups excluding tert-OH is 2. The number of nitrogens with zero attached hydrogens (tertiary/aromatic N) is 3. The van der Waals surface area contributed by atoms with Gasteiger partial charge in [0.05, 0.1) is 18.8 Å². The minimum atomic E-state index is -1.65. The van der Waals surface area contributed by atoms with Gasteiger partial charge in [0.15, 0.2) is 5.96 Å². The first-order chi connectivity index (χ1) is 46.1. The summed E-state index contributed by atoms with van der Waals surface area (Å²) >= 11 is 0. The summed E-state index contributed by atoms with van der Waals surface area (Å²) in [5.41, 5.74) is 22.4. The molecule has 99 heavy (non-hydrogen) atoms. The number of aliphatic hydroxyl groups is 2. The van der Waals surface area contributed by atoms with Gasteiger partial charge >= 0.3 is 5.97 Å². The van der Waals surface area contributed by atoms with Crippen molar-refractivity contribution in [1.82, 2.24) is 63.0 Å². The number of carboxylic acid groups (broad SMARTS) is 1. The second-order valence-electron chi connectivity index (χ2n) is 28.0. The molecular formula is C65H115N17O17. The van der Waals surface area contributed by atoms with Gasteiger partial charge in [0.1, 0.15) is 72.5 Å². The van der Waals surface area contributed by atoms with Crippen LogP contribution in [-0.4, -0.2) is 225 Å². The fourth-order valence-electron chi connectivity index (χ4n) is 11.4. The number of carbonyl (C=O) groups is 14. The second-order valence-corrected chi connectivity index (χ2v) is 28.0. The average Bonchev–Trinajstić information content (AvgIpc) is 1.75. The number of carbonyl (C=O) groups excluding carboxylic acids is 13. The van der Waals surface area contributed by atoms with Crippen LogP contribution in [0.3, 0.4) is 0 Å². The third-order valence-electron chi connectivity index (χ3n) is 17.5. The van der Waals surface area contributed by atoms with Crippen molar-refractivity contribution >= 4 is 88.7 Å². The van der Waals surface area contributed by atoms with E-state index in [1.807, 2.05) is 0 Å². The van der Waals surface area contributed by atoms with E-state index < -0.39 is 216 Å². The Morgan fingerprint density at radius 2 is 0.838 bits per heavy atom. The molecule has 562 valence electrons. The molecule has 2 rings (SSSR count). The Morgan fingerprint density at radius 3 is 1.21 bits per heavy atom. The maximum absolute atomic E-state index is 14.6. The van der Waals surface area contributed by atoms with Gasteiger partial charge in [0.25, 0.3) is 0 Å². The molecule has 2 fully saturated rings. The molecule has 0 spiro atoms. The first-order valence-electron chi connectivity index (χ1n) is 34.4. The number of hydrogen-bond acceptors (Lipinski definition) is 18. The Kier molecular flexibility index (Phi) is 36.2. The van der Waals surface area contributed by atoms with Crippen molar-refractivity contribution < 1.29 is 82.4 Å². The molecule has 2 aliphatic heterocycles. The number of likely N-dealkylation sites (tertiary alicyclic amines) is 2. The Bertz CT molecular complexity index is 2830. The summed E-state index contributed by atoms with van der Waals surface area (Å²) in [6, 6.07) is -17.3. The summed E-state index contributed by atoms with van der Waals surface area (Å²) in [6.45, 7) is 23.8. The molecule has 0 saturated carbocycles. The van der Waals surface area contributed by atoms with Gasteiger partial charge in [-0.3, -0.25) is 67.3 Å². The zero-order valence-corrected chi connectivity index (χ0v) is 60.2. The van der Waals surface area contributed by atoms with E-state index in [1.54, 1.807) is 96.9 Å². The van der Waals surface area contributed by atoms with Crippen LogP contribution in [0.1, 0.15) is 168 Å². The highest BCUT2D eigenvalue weighted by Crippen LogP contribution is 2.24. The topological polar surface area (TPSA) is 543 Å². The second kappa shape index (κ2) is 41.3. The Balaban J connectivity index is 2.31. The van der Waals surface area contributed by atoms with Crippen molar-refractivity contribution in [2.45, 2.75) is 253 Å². The third-order valence-corrected chi connectivity index (χ3v) is 17.5. The number of guanidine groups is 1. The number of nitrogens with one attached hydrogen (secondary N) is 10. The van der Waals surface area contributed by atoms with Gasteiger partial charge in [-0.05, 0) is 99.7 Å². The first-order valence-corrected chi connectivity index (χ1v) is 34.4. The van der Waals surface area contributed by atoms with E-state index in [9.17, 15) is 82.4 Å². The van der Waals surface area contributed by atoms with Crippen molar-refractivity contribution in [1.29, 1.82) is 0 Å². The van der Waals surface area contributed by atoms with Crippen molar-refractivity contribution in [3.05, 3.63) is 0 Å². The van der Waals surface area contributed by atoms with E-state index in [-0.39, 0.29) is 70.0 Å². The quantitative estimate of drug-likeness (QED) is 0.0159. The monoisotopic (exact) mass is 1410 g/mol. The van der Waals surface area contributed by atoms with Crippen molar-refractivity contribution in [2.75, 3.05) is 26.2 Å². The summed E-state index contributed by atoms with van der Waals surface area (Å²) in [4.78, 5) is 198. The number of carboxylic acids is 1. The SMILES string of the molecule is CC[C@H](C)[C@H](NC(=O)[C@@H](NC(=O)[C@@H](NC(=O)[C@@H](N)CCCN=C(N)N)C(C)C)C(C)C)C(=O)N[C@@H](CCC(N)=O)C(=O)N1CCC[C@H]1C(=O)N[C@@H](CO)C(=O)N1CCC[C@H]1C(=O)N[C@H](C(=O)N[C@H](C(=O)N[C@H](C(=O)N[C@H](C(=O)N[C@@H](CC(C)C)C(=O)O)[C@@H](C)O)C(C)C)C(C)C)C(C)C. The normalized spacial score (nSPS) is 18.6. The summed E-state index contributed by atoms with van der Waals surface area (Å²) in [5, 5.41) is 56.8. The fraction of sp³-hybridized carbons (Fsp3) is 0.769. The van der Waals surface area contributed by atoms with Crippen LogP contribution in [0.2, 0.25) is 0 Å². The molecule has 0 bridgehead atoms. The number of aliphatic carboxylic acids is 1. The number of amides is 13. The van der Waals surface area contributed by atoms with Gasteiger partial charge in [0, 0.05) is 26.1 Å². The lowest BCUT2D eigenvalue weighted by molar-refractivity contribution is -0.145. The van der Waals surface area contributed by atoms with Crippen molar-refractivity contribution in [2.24, 2.45) is 69.4 Å². The third kappa shape index (κ3) is 27.1. The van der Waals surface area contributed by atoms with E-state index in [2.05, 4.69) is 58.2 Å². The maximum atomic E-state index is 14.6. The molecule has 2 aliphatic rings. The molecule has 13 amide bonds. The lowest BCUT2D eigenvalue weighted by Gasteiger charge is -2.33. The molecule has 0 aliphatic carbocycles. The van der Waals surface area contributed by atoms with E-state index >= 15 is 0 Å². The molecule has 2 saturated heterocycles. The van der Waals surface area contributed by atoms with Crippen LogP contribution in [0.5, 0.6) is 0 Å². The largest absolute Gasteiger partial charge is 0.480 e. The predicted molar refractivity (Wildman–Crippen MR) is 365 cm³/mol. The van der Waals surface area contributed by atoms with Crippen LogP contribution in [0.25, 0.3) is 0 Å². The zero-order valence-electron chi connectivity index (χ0n) is 60.2. The summed E-state index contributed by atoms with van der Waals surface area (Å²) in [6.07, 6.45) is -0.543. The molecule has 0 aromatic carbocycles. The highest BCUT2D eigenvalue weighted by molar-refractivity contribution is 6.00. The maximum Gasteiger partial charge on any atom is 0.326 e. The first kappa shape index (κ1) is 86.8. The molecule has 34 heteroatoms. The van der Waals surface area contributed by atoms with E-state index in [0.717, 1.165) is 9.80 Å². The van der Waals surface area contributed by atoms with E-state index in [4.69, 9.17) is 22.9 Å². The van der Waals surface area contributed by atoms with Gasteiger partial charge in [-0.2, -0.15) is 0 Å². The van der Waals surface area contributed by atoms with Crippen molar-refractivity contribution in [3.8, 4) is 0 Å². The molecule has 2 heterocycles. The Hall–Kier alpha value is -8.27. The van der Waals surface area contributed by atoms with E-state index in [0.29, 0.717) is 19.3 Å². The van der Waals surface area contributed by atoms with Crippen LogP contribution in [0, 0.1) is 41.4 Å². The highest BCUT2D eigenvalue weighted by Gasteiger charge is 2.45. The van der Waals surface area contributed by atoms with Crippen LogP contribution >= 0.6 is 0 Å². The van der Waals surface area contributed by atoms with Gasteiger partial charge < -0.3 is 101 Å². The molecule has 0 aromatic heterocycles. The average molecular weight is 1410 g/mol.